The summed E-state index contributed by atoms with van der Waals surface area (Å²) >= 11 is 0. The lowest BCUT2D eigenvalue weighted by molar-refractivity contribution is -0.128. The third-order valence-electron chi connectivity index (χ3n) is 3.23. The summed E-state index contributed by atoms with van der Waals surface area (Å²) in [5, 5.41) is 4.35. The van der Waals surface area contributed by atoms with Crippen molar-refractivity contribution in [2.75, 3.05) is 0 Å². The molecule has 1 aliphatic heterocycles. The second kappa shape index (κ2) is 5.00. The van der Waals surface area contributed by atoms with E-state index in [1.807, 2.05) is 31.5 Å². The Morgan fingerprint density at radius 1 is 1.59 bits per heavy atom. The lowest BCUT2D eigenvalue weighted by Crippen LogP contribution is -2.23. The van der Waals surface area contributed by atoms with E-state index in [0.29, 0.717) is 6.42 Å². The average Bonchev–Trinajstić information content (AvgIpc) is 2.85. The van der Waals surface area contributed by atoms with Crippen LogP contribution in [0.3, 0.4) is 0 Å². The summed E-state index contributed by atoms with van der Waals surface area (Å²) in [7, 11) is 0. The van der Waals surface area contributed by atoms with Crippen molar-refractivity contribution in [3.8, 4) is 0 Å². The fourth-order valence-electron chi connectivity index (χ4n) is 2.35. The third kappa shape index (κ3) is 2.75. The Morgan fingerprint density at radius 2 is 2.35 bits per heavy atom. The molecule has 94 valence electrons. The molecule has 0 amide bonds. The number of rotatable bonds is 4. The van der Waals surface area contributed by atoms with Crippen molar-refractivity contribution in [2.45, 2.75) is 58.8 Å². The third-order valence-corrected chi connectivity index (χ3v) is 3.23. The lowest BCUT2D eigenvalue weighted by Gasteiger charge is -2.10. The highest BCUT2D eigenvalue weighted by molar-refractivity contribution is 5.85. The molecule has 1 aliphatic rings. The first-order valence-corrected chi connectivity index (χ1v) is 6.31. The topological polar surface area (TPSA) is 44.1 Å². The van der Waals surface area contributed by atoms with E-state index >= 15 is 0 Å². The number of aromatic nitrogens is 2. The average molecular weight is 236 g/mol. The molecule has 17 heavy (non-hydrogen) atoms. The lowest BCUT2D eigenvalue weighted by atomic mass is 10.1. The first-order valence-electron chi connectivity index (χ1n) is 6.31. The van der Waals surface area contributed by atoms with Crippen molar-refractivity contribution in [1.82, 2.24) is 9.78 Å². The number of carbonyl (C=O) groups excluding carboxylic acids is 1. The second-order valence-corrected chi connectivity index (χ2v) is 4.75. The van der Waals surface area contributed by atoms with Crippen LogP contribution < -0.4 is 0 Å². The van der Waals surface area contributed by atoms with Crippen molar-refractivity contribution < 1.29 is 9.53 Å². The summed E-state index contributed by atoms with van der Waals surface area (Å²) < 4.78 is 7.49. The molecule has 0 aliphatic carbocycles. The normalized spacial score (nSPS) is 24.2. The van der Waals surface area contributed by atoms with Gasteiger partial charge in [-0.15, -0.1) is 0 Å². The van der Waals surface area contributed by atoms with Crippen molar-refractivity contribution in [3.63, 3.8) is 0 Å². The summed E-state index contributed by atoms with van der Waals surface area (Å²) in [5.74, 6) is 0.184. The standard InChI is InChI=1S/C13H20N2O2/c1-4-15-11(7-9(2)14-15)8-12(16)13-6-5-10(3)17-13/h7,10,13H,4-6,8H2,1-3H3. The van der Waals surface area contributed by atoms with Crippen LogP contribution in [-0.2, 0) is 22.5 Å². The van der Waals surface area contributed by atoms with E-state index in [2.05, 4.69) is 5.10 Å². The van der Waals surface area contributed by atoms with Gasteiger partial charge in [-0.1, -0.05) is 0 Å². The van der Waals surface area contributed by atoms with E-state index in [0.717, 1.165) is 30.8 Å². The molecular formula is C13H20N2O2. The van der Waals surface area contributed by atoms with Crippen LogP contribution in [0.1, 0.15) is 38.1 Å². The smallest absolute Gasteiger partial charge is 0.167 e. The Labute approximate surface area is 102 Å². The Bertz CT molecular complexity index is 412. The van der Waals surface area contributed by atoms with Gasteiger partial charge in [-0.2, -0.15) is 5.10 Å². The maximum Gasteiger partial charge on any atom is 0.167 e. The summed E-state index contributed by atoms with van der Waals surface area (Å²) in [5.41, 5.74) is 1.97. The molecule has 0 saturated carbocycles. The minimum Gasteiger partial charge on any atom is -0.367 e. The molecule has 4 heteroatoms. The number of Topliss-reactive ketones (excluding diaryl/α,β-unsaturated/α-hetero) is 1. The number of aryl methyl sites for hydroxylation is 2. The zero-order valence-electron chi connectivity index (χ0n) is 10.8. The second-order valence-electron chi connectivity index (χ2n) is 4.75. The maximum absolute atomic E-state index is 12.1. The van der Waals surface area contributed by atoms with Gasteiger partial charge >= 0.3 is 0 Å². The molecule has 2 unspecified atom stereocenters. The molecule has 2 heterocycles. The highest BCUT2D eigenvalue weighted by Gasteiger charge is 2.28. The minimum absolute atomic E-state index is 0.184. The summed E-state index contributed by atoms with van der Waals surface area (Å²) in [4.78, 5) is 12.1. The molecule has 0 aromatic carbocycles. The highest BCUT2D eigenvalue weighted by Crippen LogP contribution is 2.21. The molecular weight excluding hydrogens is 216 g/mol. The van der Waals surface area contributed by atoms with Crippen molar-refractivity contribution in [1.29, 1.82) is 0 Å². The summed E-state index contributed by atoms with van der Waals surface area (Å²) in [6.07, 6.45) is 2.31. The molecule has 0 bridgehead atoms. The van der Waals surface area contributed by atoms with Crippen LogP contribution >= 0.6 is 0 Å². The van der Waals surface area contributed by atoms with Crippen LogP contribution in [0.25, 0.3) is 0 Å². The van der Waals surface area contributed by atoms with Crippen LogP contribution in [0, 0.1) is 6.92 Å². The van der Waals surface area contributed by atoms with Gasteiger partial charge in [0.25, 0.3) is 0 Å². The molecule has 2 atom stereocenters. The van der Waals surface area contributed by atoms with Crippen molar-refractivity contribution in [3.05, 3.63) is 17.5 Å². The van der Waals surface area contributed by atoms with Crippen LogP contribution in [0.4, 0.5) is 0 Å². The maximum atomic E-state index is 12.1. The van der Waals surface area contributed by atoms with Gasteiger partial charge in [0, 0.05) is 12.2 Å². The predicted molar refractivity (Wildman–Crippen MR) is 64.9 cm³/mol. The first kappa shape index (κ1) is 12.3. The number of ether oxygens (including phenoxy) is 1. The van der Waals surface area contributed by atoms with E-state index in [9.17, 15) is 4.79 Å². The van der Waals surface area contributed by atoms with Crippen LogP contribution in [0.15, 0.2) is 6.07 Å². The molecule has 1 saturated heterocycles. The van der Waals surface area contributed by atoms with Gasteiger partial charge in [0.2, 0.25) is 0 Å². The molecule has 2 rings (SSSR count). The van der Waals surface area contributed by atoms with Gasteiger partial charge < -0.3 is 4.74 Å². The predicted octanol–water partition coefficient (Wildman–Crippen LogP) is 1.89. The van der Waals surface area contributed by atoms with Gasteiger partial charge in [0.1, 0.15) is 6.10 Å². The fourth-order valence-corrected chi connectivity index (χ4v) is 2.35. The minimum atomic E-state index is -0.203. The Kier molecular flexibility index (Phi) is 3.62. The summed E-state index contributed by atoms with van der Waals surface area (Å²) in [6, 6.07) is 1.99. The van der Waals surface area contributed by atoms with E-state index in [-0.39, 0.29) is 18.0 Å². The van der Waals surface area contributed by atoms with Crippen molar-refractivity contribution in [2.24, 2.45) is 0 Å². The highest BCUT2D eigenvalue weighted by atomic mass is 16.5. The zero-order chi connectivity index (χ0) is 12.4. The van der Waals surface area contributed by atoms with Crippen LogP contribution in [0.2, 0.25) is 0 Å². The van der Waals surface area contributed by atoms with E-state index in [4.69, 9.17) is 4.74 Å². The molecule has 0 radical (unpaired) electrons. The molecule has 1 aromatic rings. The Hall–Kier alpha value is -1.16. The Balaban J connectivity index is 2.02. The van der Waals surface area contributed by atoms with Gasteiger partial charge in [0.15, 0.2) is 5.78 Å². The molecule has 1 fully saturated rings. The zero-order valence-corrected chi connectivity index (χ0v) is 10.8. The Morgan fingerprint density at radius 3 is 2.94 bits per heavy atom. The van der Waals surface area contributed by atoms with Gasteiger partial charge in [-0.25, -0.2) is 0 Å². The van der Waals surface area contributed by atoms with Crippen molar-refractivity contribution >= 4 is 5.78 Å². The number of nitrogens with zero attached hydrogens (tertiary/aromatic N) is 2. The number of carbonyl (C=O) groups is 1. The SMILES string of the molecule is CCn1nc(C)cc1CC(=O)C1CCC(C)O1. The molecule has 0 spiro atoms. The van der Waals surface area contributed by atoms with E-state index in [1.54, 1.807) is 0 Å². The first-order chi connectivity index (χ1) is 8.10. The quantitative estimate of drug-likeness (QED) is 0.802. The van der Waals surface area contributed by atoms with Gasteiger partial charge in [0.05, 0.1) is 18.2 Å². The van der Waals surface area contributed by atoms with Crippen LogP contribution in [0.5, 0.6) is 0 Å². The largest absolute Gasteiger partial charge is 0.367 e. The fraction of sp³-hybridized carbons (Fsp3) is 0.692. The van der Waals surface area contributed by atoms with E-state index in [1.165, 1.54) is 0 Å². The van der Waals surface area contributed by atoms with Crippen LogP contribution in [-0.4, -0.2) is 27.8 Å². The van der Waals surface area contributed by atoms with E-state index < -0.39 is 0 Å². The number of hydrogen-bond acceptors (Lipinski definition) is 3. The molecule has 4 nitrogen and oxygen atoms in total. The monoisotopic (exact) mass is 236 g/mol. The summed E-state index contributed by atoms with van der Waals surface area (Å²) in [6.45, 7) is 6.81. The number of hydrogen-bond donors (Lipinski definition) is 0. The van der Waals surface area contributed by atoms with Gasteiger partial charge in [-0.3, -0.25) is 9.48 Å². The molecule has 1 aromatic heterocycles. The molecule has 0 N–H and O–H groups in total. The number of ketones is 1. The van der Waals surface area contributed by atoms with Gasteiger partial charge in [-0.05, 0) is 39.7 Å².